The summed E-state index contributed by atoms with van der Waals surface area (Å²) in [7, 11) is 0. The number of aromatic nitrogens is 2. The number of halogens is 1. The van der Waals surface area contributed by atoms with E-state index in [1.807, 2.05) is 13.8 Å². The minimum Gasteiger partial charge on any atom is -0.451 e. The molecule has 8 nitrogen and oxygen atoms in total. The first-order valence-corrected chi connectivity index (χ1v) is 12.1. The quantitative estimate of drug-likeness (QED) is 0.696. The van der Waals surface area contributed by atoms with Gasteiger partial charge in [-0.25, -0.2) is 14.4 Å². The van der Waals surface area contributed by atoms with Gasteiger partial charge in [0.2, 0.25) is 0 Å². The zero-order valence-corrected chi connectivity index (χ0v) is 19.8. The predicted molar refractivity (Wildman–Crippen MR) is 126 cm³/mol. The average Bonchev–Trinajstić information content (AvgIpc) is 3.33. The second-order valence-corrected chi connectivity index (χ2v) is 9.88. The first-order valence-electron chi connectivity index (χ1n) is 12.1. The van der Waals surface area contributed by atoms with Crippen LogP contribution in [0.25, 0.3) is 0 Å². The summed E-state index contributed by atoms with van der Waals surface area (Å²) in [4.78, 5) is 26.2. The van der Waals surface area contributed by atoms with Crippen LogP contribution in [0.3, 0.4) is 0 Å². The average molecular weight is 470 g/mol. The summed E-state index contributed by atoms with van der Waals surface area (Å²) in [5.74, 6) is 0.710. The van der Waals surface area contributed by atoms with Crippen molar-refractivity contribution in [2.24, 2.45) is 5.41 Å². The Morgan fingerprint density at radius 2 is 2.09 bits per heavy atom. The van der Waals surface area contributed by atoms with Crippen LogP contribution >= 0.6 is 0 Å². The Morgan fingerprint density at radius 1 is 1.29 bits per heavy atom. The van der Waals surface area contributed by atoms with E-state index in [0.717, 1.165) is 45.4 Å². The molecule has 0 bridgehead atoms. The second kappa shape index (κ2) is 9.46. The van der Waals surface area contributed by atoms with Crippen molar-refractivity contribution in [1.82, 2.24) is 20.2 Å². The molecule has 0 unspecified atom stereocenters. The molecule has 3 saturated heterocycles. The molecule has 34 heavy (non-hydrogen) atoms. The Hall–Kier alpha value is -2.78. The lowest BCUT2D eigenvalue weighted by Gasteiger charge is -2.53. The van der Waals surface area contributed by atoms with Crippen molar-refractivity contribution >= 4 is 11.7 Å². The van der Waals surface area contributed by atoms with Crippen molar-refractivity contribution in [1.29, 1.82) is 0 Å². The van der Waals surface area contributed by atoms with Crippen LogP contribution in [0.1, 0.15) is 43.5 Å². The van der Waals surface area contributed by atoms with Gasteiger partial charge in [-0.05, 0) is 64.4 Å². The zero-order chi connectivity index (χ0) is 23.7. The molecular weight excluding hydrogens is 437 g/mol. The van der Waals surface area contributed by atoms with Crippen LogP contribution in [0.4, 0.5) is 10.2 Å². The van der Waals surface area contributed by atoms with Gasteiger partial charge in [0.05, 0.1) is 24.4 Å². The van der Waals surface area contributed by atoms with Gasteiger partial charge in [0.25, 0.3) is 5.91 Å². The Labute approximate surface area is 199 Å². The van der Waals surface area contributed by atoms with E-state index in [1.54, 1.807) is 11.1 Å². The smallest absolute Gasteiger partial charge is 0.258 e. The Kier molecular flexibility index (Phi) is 6.40. The topological polar surface area (TPSA) is 79.8 Å². The molecule has 182 valence electrons. The molecule has 5 rings (SSSR count). The molecule has 1 amide bonds. The van der Waals surface area contributed by atoms with Crippen LogP contribution in [0.5, 0.6) is 11.5 Å². The maximum Gasteiger partial charge on any atom is 0.258 e. The third-order valence-electron chi connectivity index (χ3n) is 7.16. The third-order valence-corrected chi connectivity index (χ3v) is 7.16. The monoisotopic (exact) mass is 469 g/mol. The van der Waals surface area contributed by atoms with Gasteiger partial charge in [0, 0.05) is 31.2 Å². The molecule has 3 aliphatic heterocycles. The Balaban J connectivity index is 1.40. The van der Waals surface area contributed by atoms with Gasteiger partial charge < -0.3 is 24.6 Å². The number of amides is 1. The number of nitrogens with zero attached hydrogens (tertiary/aromatic N) is 4. The lowest BCUT2D eigenvalue weighted by molar-refractivity contribution is 0.0578. The molecule has 0 saturated carbocycles. The standard InChI is InChI=1S/C25H32FN5O3/c1-17(2)31(19-5-10-33-13-19)24(32)20-11-18(26)3-4-21(20)34-22-12-28-16-29-23(22)30-14-25(15-30)6-8-27-9-7-25/h3-4,11-12,16-17,19,27H,5-10,13-15H2,1-2H3/t19-/m1/s1. The first-order chi connectivity index (χ1) is 16.5. The van der Waals surface area contributed by atoms with E-state index in [2.05, 4.69) is 20.2 Å². The number of hydrogen-bond donors (Lipinski definition) is 1. The minimum absolute atomic E-state index is 0.0403. The molecule has 0 aliphatic carbocycles. The van der Waals surface area contributed by atoms with Crippen LogP contribution in [0.2, 0.25) is 0 Å². The second-order valence-electron chi connectivity index (χ2n) is 9.88. The fourth-order valence-corrected chi connectivity index (χ4v) is 5.39. The summed E-state index contributed by atoms with van der Waals surface area (Å²) in [6, 6.07) is 3.96. The van der Waals surface area contributed by atoms with Gasteiger partial charge in [-0.3, -0.25) is 4.79 Å². The molecule has 4 heterocycles. The fraction of sp³-hybridized carbons (Fsp3) is 0.560. The van der Waals surface area contributed by atoms with Gasteiger partial charge >= 0.3 is 0 Å². The molecule has 1 spiro atoms. The summed E-state index contributed by atoms with van der Waals surface area (Å²) in [6.07, 6.45) is 6.18. The normalized spacial score (nSPS) is 21.5. The van der Waals surface area contributed by atoms with E-state index in [-0.39, 0.29) is 23.6 Å². The highest BCUT2D eigenvalue weighted by Gasteiger charge is 2.45. The fourth-order valence-electron chi connectivity index (χ4n) is 5.39. The van der Waals surface area contributed by atoms with E-state index >= 15 is 0 Å². The highest BCUT2D eigenvalue weighted by atomic mass is 19.1. The van der Waals surface area contributed by atoms with Gasteiger partial charge in [0.1, 0.15) is 17.9 Å². The number of nitrogens with one attached hydrogen (secondary N) is 1. The number of piperidine rings is 1. The molecule has 1 aromatic heterocycles. The van der Waals surface area contributed by atoms with Crippen LogP contribution in [0, 0.1) is 11.2 Å². The number of ether oxygens (including phenoxy) is 2. The molecular formula is C25H32FN5O3. The highest BCUT2D eigenvalue weighted by Crippen LogP contribution is 2.43. The van der Waals surface area contributed by atoms with Crippen molar-refractivity contribution in [3.63, 3.8) is 0 Å². The van der Waals surface area contributed by atoms with Crippen molar-refractivity contribution in [2.45, 2.75) is 45.2 Å². The van der Waals surface area contributed by atoms with Gasteiger partial charge in [0.15, 0.2) is 11.6 Å². The minimum atomic E-state index is -0.484. The molecule has 3 fully saturated rings. The zero-order valence-electron chi connectivity index (χ0n) is 19.8. The highest BCUT2D eigenvalue weighted by molar-refractivity contribution is 5.97. The predicted octanol–water partition coefficient (Wildman–Crippen LogP) is 3.24. The SMILES string of the molecule is CC(C)N(C(=O)c1cc(F)ccc1Oc1cncnc1N1CC2(CCNCC2)C1)[C@@H]1CCOC1. The van der Waals surface area contributed by atoms with E-state index in [4.69, 9.17) is 9.47 Å². The number of carbonyl (C=O) groups excluding carboxylic acids is 1. The lowest BCUT2D eigenvalue weighted by atomic mass is 9.72. The molecule has 1 N–H and O–H groups in total. The maximum atomic E-state index is 14.3. The van der Waals surface area contributed by atoms with Gasteiger partial charge in [-0.2, -0.15) is 0 Å². The van der Waals surface area contributed by atoms with Gasteiger partial charge in [-0.1, -0.05) is 0 Å². The van der Waals surface area contributed by atoms with E-state index in [1.165, 1.54) is 24.5 Å². The van der Waals surface area contributed by atoms with Gasteiger partial charge in [-0.15, -0.1) is 0 Å². The molecule has 1 aromatic carbocycles. The number of anilines is 1. The van der Waals surface area contributed by atoms with Crippen molar-refractivity contribution in [3.05, 3.63) is 42.1 Å². The Bertz CT molecular complexity index is 1030. The van der Waals surface area contributed by atoms with Crippen molar-refractivity contribution in [3.8, 4) is 11.5 Å². The third kappa shape index (κ3) is 4.46. The molecule has 3 aliphatic rings. The van der Waals surface area contributed by atoms with Crippen LogP contribution in [-0.4, -0.2) is 72.3 Å². The van der Waals surface area contributed by atoms with Crippen molar-refractivity contribution in [2.75, 3.05) is 44.3 Å². The lowest BCUT2D eigenvalue weighted by Crippen LogP contribution is -2.60. The number of hydrogen-bond acceptors (Lipinski definition) is 7. The van der Waals surface area contributed by atoms with Crippen LogP contribution in [0.15, 0.2) is 30.7 Å². The number of benzene rings is 1. The van der Waals surface area contributed by atoms with Crippen LogP contribution in [-0.2, 0) is 4.74 Å². The van der Waals surface area contributed by atoms with E-state index in [9.17, 15) is 9.18 Å². The summed E-state index contributed by atoms with van der Waals surface area (Å²) in [6.45, 7) is 8.93. The van der Waals surface area contributed by atoms with Crippen molar-refractivity contribution < 1.29 is 18.7 Å². The summed E-state index contributed by atoms with van der Waals surface area (Å²) >= 11 is 0. The maximum absolute atomic E-state index is 14.3. The summed E-state index contributed by atoms with van der Waals surface area (Å²) in [5, 5.41) is 3.42. The van der Waals surface area contributed by atoms with E-state index in [0.29, 0.717) is 35.9 Å². The Morgan fingerprint density at radius 3 is 2.79 bits per heavy atom. The summed E-state index contributed by atoms with van der Waals surface area (Å²) in [5.41, 5.74) is 0.514. The summed E-state index contributed by atoms with van der Waals surface area (Å²) < 4.78 is 26.0. The van der Waals surface area contributed by atoms with Crippen LogP contribution < -0.4 is 15.0 Å². The largest absolute Gasteiger partial charge is 0.451 e. The molecule has 2 aromatic rings. The number of carbonyl (C=O) groups is 1. The first kappa shape index (κ1) is 23.0. The molecule has 9 heteroatoms. The number of rotatable bonds is 6. The molecule has 0 radical (unpaired) electrons. The molecule has 1 atom stereocenters. The van der Waals surface area contributed by atoms with E-state index < -0.39 is 5.82 Å².